The van der Waals surface area contributed by atoms with Crippen molar-refractivity contribution in [3.05, 3.63) is 65.5 Å². The first-order chi connectivity index (χ1) is 16.3. The zero-order valence-corrected chi connectivity index (χ0v) is 20.9. The Morgan fingerprint density at radius 1 is 1.09 bits per heavy atom. The minimum Gasteiger partial charge on any atom is -0.483 e. The largest absolute Gasteiger partial charge is 0.483 e. The van der Waals surface area contributed by atoms with E-state index in [0.29, 0.717) is 22.2 Å². The van der Waals surface area contributed by atoms with E-state index in [1.54, 1.807) is 38.1 Å². The van der Waals surface area contributed by atoms with Crippen LogP contribution in [0.2, 0.25) is 0 Å². The number of hydrogen-bond donors (Lipinski definition) is 1. The smallest absolute Gasteiger partial charge is 0.338 e. The summed E-state index contributed by atoms with van der Waals surface area (Å²) in [4.78, 5) is 24.5. The summed E-state index contributed by atoms with van der Waals surface area (Å²) in [5.74, 6) is 0.925. The molecule has 0 spiro atoms. The number of amides is 1. The quantitative estimate of drug-likeness (QED) is 0.327. The summed E-state index contributed by atoms with van der Waals surface area (Å²) >= 11 is 1.27. The van der Waals surface area contributed by atoms with Crippen molar-refractivity contribution in [1.29, 1.82) is 0 Å². The maximum absolute atomic E-state index is 12.5. The highest BCUT2D eigenvalue weighted by atomic mass is 32.2. The molecule has 1 N–H and O–H groups in total. The number of rotatable bonds is 10. The number of ether oxygens (including phenoxy) is 2. The Kier molecular flexibility index (Phi) is 8.70. The second kappa shape index (κ2) is 11.7. The normalized spacial score (nSPS) is 11.8. The average molecular weight is 483 g/mol. The van der Waals surface area contributed by atoms with Crippen LogP contribution in [0.4, 0.5) is 5.69 Å². The summed E-state index contributed by atoms with van der Waals surface area (Å²) in [6.07, 6.45) is 0.457. The lowest BCUT2D eigenvalue weighted by atomic mass is 10.2. The predicted molar refractivity (Wildman–Crippen MR) is 132 cm³/mol. The van der Waals surface area contributed by atoms with Crippen molar-refractivity contribution in [2.24, 2.45) is 7.05 Å². The number of carbonyl (C=O) groups is 2. The van der Waals surface area contributed by atoms with Crippen molar-refractivity contribution in [3.8, 4) is 5.75 Å². The number of esters is 1. The van der Waals surface area contributed by atoms with Crippen LogP contribution in [-0.2, 0) is 23.0 Å². The number of aryl methyl sites for hydroxylation is 1. The Labute approximate surface area is 204 Å². The third kappa shape index (κ3) is 6.84. The molecule has 1 atom stereocenters. The molecule has 0 saturated carbocycles. The molecule has 2 aromatic carbocycles. The number of thioether (sulfide) groups is 1. The molecule has 1 amide bonds. The van der Waals surface area contributed by atoms with Gasteiger partial charge < -0.3 is 19.4 Å². The highest BCUT2D eigenvalue weighted by molar-refractivity contribution is 7.99. The van der Waals surface area contributed by atoms with E-state index in [2.05, 4.69) is 22.4 Å². The van der Waals surface area contributed by atoms with Gasteiger partial charge in [-0.15, -0.1) is 10.2 Å². The lowest BCUT2D eigenvalue weighted by molar-refractivity contribution is -0.113. The molecule has 0 radical (unpaired) electrons. The van der Waals surface area contributed by atoms with E-state index in [1.165, 1.54) is 17.3 Å². The summed E-state index contributed by atoms with van der Waals surface area (Å²) < 4.78 is 13.0. The van der Waals surface area contributed by atoms with E-state index >= 15 is 0 Å². The average Bonchev–Trinajstić information content (AvgIpc) is 3.18. The van der Waals surface area contributed by atoms with E-state index in [9.17, 15) is 9.59 Å². The number of benzene rings is 2. The van der Waals surface area contributed by atoms with Gasteiger partial charge in [-0.3, -0.25) is 4.79 Å². The lowest BCUT2D eigenvalue weighted by Gasteiger charge is -2.14. The molecule has 0 bridgehead atoms. The fraction of sp³-hybridized carbons (Fsp3) is 0.360. The molecule has 0 aliphatic rings. The summed E-state index contributed by atoms with van der Waals surface area (Å²) in [6, 6.07) is 14.7. The van der Waals surface area contributed by atoms with Crippen molar-refractivity contribution in [2.45, 2.75) is 51.5 Å². The first kappa shape index (κ1) is 25.3. The van der Waals surface area contributed by atoms with E-state index in [-0.39, 0.29) is 23.9 Å². The number of aromatic nitrogens is 3. The number of nitrogens with zero attached hydrogens (tertiary/aromatic N) is 3. The maximum atomic E-state index is 12.5. The molecule has 34 heavy (non-hydrogen) atoms. The molecule has 0 aliphatic carbocycles. The van der Waals surface area contributed by atoms with Crippen LogP contribution >= 0.6 is 11.8 Å². The van der Waals surface area contributed by atoms with Gasteiger partial charge in [0.05, 0.1) is 17.4 Å². The Balaban J connectivity index is 1.56. The van der Waals surface area contributed by atoms with Crippen LogP contribution in [-0.4, -0.2) is 38.5 Å². The Morgan fingerprint density at radius 2 is 1.82 bits per heavy atom. The van der Waals surface area contributed by atoms with Crippen LogP contribution in [0.5, 0.6) is 5.75 Å². The Morgan fingerprint density at radius 3 is 2.50 bits per heavy atom. The van der Waals surface area contributed by atoms with E-state index in [0.717, 1.165) is 12.2 Å². The SMILES string of the molecule is CCc1ccc(O[C@@H](C)c2nnc(SCC(=O)Nc3cccc(C(=O)OC(C)C)c3)n2C)cc1. The van der Waals surface area contributed by atoms with Gasteiger partial charge in [-0.25, -0.2) is 4.79 Å². The van der Waals surface area contributed by atoms with Gasteiger partial charge in [-0.1, -0.05) is 36.9 Å². The van der Waals surface area contributed by atoms with Crippen LogP contribution in [0.15, 0.2) is 53.7 Å². The van der Waals surface area contributed by atoms with Crippen LogP contribution < -0.4 is 10.1 Å². The van der Waals surface area contributed by atoms with Crippen molar-refractivity contribution < 1.29 is 19.1 Å². The topological polar surface area (TPSA) is 95.3 Å². The third-order valence-electron chi connectivity index (χ3n) is 4.93. The zero-order valence-electron chi connectivity index (χ0n) is 20.1. The summed E-state index contributed by atoms with van der Waals surface area (Å²) in [5.41, 5.74) is 2.16. The van der Waals surface area contributed by atoms with Crippen LogP contribution in [0, 0.1) is 0 Å². The number of hydrogen-bond acceptors (Lipinski definition) is 7. The van der Waals surface area contributed by atoms with Gasteiger partial charge in [0.25, 0.3) is 0 Å². The lowest BCUT2D eigenvalue weighted by Crippen LogP contribution is -2.16. The maximum Gasteiger partial charge on any atom is 0.338 e. The molecule has 1 aromatic heterocycles. The molecule has 0 fully saturated rings. The molecule has 1 heterocycles. The molecule has 180 valence electrons. The highest BCUT2D eigenvalue weighted by Gasteiger charge is 2.18. The van der Waals surface area contributed by atoms with Crippen molar-refractivity contribution in [1.82, 2.24) is 14.8 Å². The van der Waals surface area contributed by atoms with Crippen molar-refractivity contribution in [2.75, 3.05) is 11.1 Å². The molecule has 0 unspecified atom stereocenters. The fourth-order valence-corrected chi connectivity index (χ4v) is 3.92. The van der Waals surface area contributed by atoms with Gasteiger partial charge in [0.2, 0.25) is 5.91 Å². The third-order valence-corrected chi connectivity index (χ3v) is 5.95. The molecule has 8 nitrogen and oxygen atoms in total. The van der Waals surface area contributed by atoms with Crippen LogP contribution in [0.25, 0.3) is 0 Å². The second-order valence-electron chi connectivity index (χ2n) is 8.03. The minimum absolute atomic E-state index is 0.139. The molecule has 0 aliphatic heterocycles. The monoisotopic (exact) mass is 482 g/mol. The van der Waals surface area contributed by atoms with E-state index < -0.39 is 5.97 Å². The first-order valence-corrected chi connectivity index (χ1v) is 12.1. The summed E-state index contributed by atoms with van der Waals surface area (Å²) in [7, 11) is 1.85. The predicted octanol–water partition coefficient (Wildman–Crippen LogP) is 4.81. The molecular weight excluding hydrogens is 452 g/mol. The second-order valence-corrected chi connectivity index (χ2v) is 8.97. The van der Waals surface area contributed by atoms with Crippen molar-refractivity contribution >= 4 is 29.3 Å². The Bertz CT molecular complexity index is 1130. The fourth-order valence-electron chi connectivity index (χ4n) is 3.20. The summed E-state index contributed by atoms with van der Waals surface area (Å²) in [6.45, 7) is 7.60. The van der Waals surface area contributed by atoms with Gasteiger partial charge in [0.15, 0.2) is 17.1 Å². The van der Waals surface area contributed by atoms with Gasteiger partial charge in [0, 0.05) is 12.7 Å². The van der Waals surface area contributed by atoms with Gasteiger partial charge >= 0.3 is 5.97 Å². The van der Waals surface area contributed by atoms with Crippen LogP contribution in [0.1, 0.15) is 55.5 Å². The number of carbonyl (C=O) groups excluding carboxylic acids is 2. The van der Waals surface area contributed by atoms with Gasteiger partial charge in [-0.2, -0.15) is 0 Å². The molecular formula is C25H30N4O4S. The zero-order chi connectivity index (χ0) is 24.7. The number of nitrogens with one attached hydrogen (secondary N) is 1. The highest BCUT2D eigenvalue weighted by Crippen LogP contribution is 2.24. The molecule has 9 heteroatoms. The van der Waals surface area contributed by atoms with Crippen molar-refractivity contribution in [3.63, 3.8) is 0 Å². The molecule has 0 saturated heterocycles. The van der Waals surface area contributed by atoms with Gasteiger partial charge in [-0.05, 0) is 63.1 Å². The standard InChI is InChI=1S/C25H30N4O4S/c1-6-18-10-12-21(13-11-18)33-17(4)23-27-28-25(29(23)5)34-15-22(30)26-20-9-7-8-19(14-20)24(31)32-16(2)3/h7-14,16-17H,6,15H2,1-5H3,(H,26,30)/t17-/m0/s1. The van der Waals surface area contributed by atoms with E-state index in [1.807, 2.05) is 42.8 Å². The molecule has 3 aromatic rings. The minimum atomic E-state index is -0.426. The Hall–Kier alpha value is -3.33. The first-order valence-electron chi connectivity index (χ1n) is 11.2. The van der Waals surface area contributed by atoms with Gasteiger partial charge in [0.1, 0.15) is 5.75 Å². The number of anilines is 1. The summed E-state index contributed by atoms with van der Waals surface area (Å²) in [5, 5.41) is 11.9. The van der Waals surface area contributed by atoms with E-state index in [4.69, 9.17) is 9.47 Å². The molecule has 3 rings (SSSR count). The van der Waals surface area contributed by atoms with Crippen LogP contribution in [0.3, 0.4) is 0 Å².